The SMILES string of the molecule is NC(CCCCNCCn1cccn1)=NO. The lowest BCUT2D eigenvalue weighted by Crippen LogP contribution is -2.21. The molecule has 1 aromatic heterocycles. The van der Waals surface area contributed by atoms with Crippen LogP contribution in [0.3, 0.4) is 0 Å². The first-order valence-corrected chi connectivity index (χ1v) is 5.47. The van der Waals surface area contributed by atoms with E-state index < -0.39 is 0 Å². The van der Waals surface area contributed by atoms with Gasteiger partial charge in [0.1, 0.15) is 5.84 Å². The molecule has 0 bridgehead atoms. The van der Waals surface area contributed by atoms with Crippen molar-refractivity contribution in [3.63, 3.8) is 0 Å². The summed E-state index contributed by atoms with van der Waals surface area (Å²) >= 11 is 0. The molecule has 0 atom stereocenters. The van der Waals surface area contributed by atoms with Crippen molar-refractivity contribution < 1.29 is 5.21 Å². The highest BCUT2D eigenvalue weighted by Crippen LogP contribution is 1.93. The van der Waals surface area contributed by atoms with Gasteiger partial charge in [-0.2, -0.15) is 5.10 Å². The van der Waals surface area contributed by atoms with Crippen LogP contribution in [0, 0.1) is 0 Å². The predicted octanol–water partition coefficient (Wildman–Crippen LogP) is 0.389. The van der Waals surface area contributed by atoms with Gasteiger partial charge in [-0.15, -0.1) is 0 Å². The lowest BCUT2D eigenvalue weighted by Gasteiger charge is -2.04. The Labute approximate surface area is 95.1 Å². The highest BCUT2D eigenvalue weighted by molar-refractivity contribution is 5.79. The zero-order chi connectivity index (χ0) is 11.6. The molecule has 0 fully saturated rings. The van der Waals surface area contributed by atoms with E-state index in [4.69, 9.17) is 10.9 Å². The summed E-state index contributed by atoms with van der Waals surface area (Å²) in [5.41, 5.74) is 5.35. The van der Waals surface area contributed by atoms with Crippen LogP contribution < -0.4 is 11.1 Å². The minimum atomic E-state index is 0.302. The Morgan fingerprint density at radius 2 is 2.31 bits per heavy atom. The minimum Gasteiger partial charge on any atom is -0.409 e. The molecule has 0 saturated carbocycles. The van der Waals surface area contributed by atoms with Crippen LogP contribution in [0.5, 0.6) is 0 Å². The highest BCUT2D eigenvalue weighted by Gasteiger charge is 1.94. The first kappa shape index (κ1) is 12.5. The number of unbranched alkanes of at least 4 members (excludes halogenated alkanes) is 1. The van der Waals surface area contributed by atoms with Crippen LogP contribution in [-0.4, -0.2) is 33.9 Å². The molecule has 90 valence electrons. The van der Waals surface area contributed by atoms with Crippen LogP contribution in [0.2, 0.25) is 0 Å². The summed E-state index contributed by atoms with van der Waals surface area (Å²) in [4.78, 5) is 0. The number of hydrogen-bond acceptors (Lipinski definition) is 4. The average Bonchev–Trinajstić information content (AvgIpc) is 2.80. The molecule has 0 aliphatic heterocycles. The van der Waals surface area contributed by atoms with Crippen molar-refractivity contribution in [1.82, 2.24) is 15.1 Å². The molecule has 4 N–H and O–H groups in total. The summed E-state index contributed by atoms with van der Waals surface area (Å²) in [5, 5.41) is 18.6. The molecular formula is C10H19N5O. The van der Waals surface area contributed by atoms with Gasteiger partial charge in [0.2, 0.25) is 0 Å². The smallest absolute Gasteiger partial charge is 0.139 e. The third-order valence-electron chi connectivity index (χ3n) is 2.24. The maximum Gasteiger partial charge on any atom is 0.139 e. The lowest BCUT2D eigenvalue weighted by atomic mass is 10.2. The van der Waals surface area contributed by atoms with Gasteiger partial charge in [-0.3, -0.25) is 4.68 Å². The fraction of sp³-hybridized carbons (Fsp3) is 0.600. The molecule has 1 heterocycles. The largest absolute Gasteiger partial charge is 0.409 e. The van der Waals surface area contributed by atoms with E-state index in [1.165, 1.54) is 0 Å². The molecule has 6 heteroatoms. The summed E-state index contributed by atoms with van der Waals surface area (Å²) < 4.78 is 1.89. The Balaban J connectivity index is 1.89. The van der Waals surface area contributed by atoms with Crippen LogP contribution in [-0.2, 0) is 6.54 Å². The second-order valence-electron chi connectivity index (χ2n) is 3.57. The first-order valence-electron chi connectivity index (χ1n) is 5.47. The van der Waals surface area contributed by atoms with Crippen molar-refractivity contribution in [2.45, 2.75) is 25.8 Å². The Bertz CT molecular complexity index is 296. The monoisotopic (exact) mass is 225 g/mol. The molecule has 16 heavy (non-hydrogen) atoms. The Morgan fingerprint density at radius 1 is 1.44 bits per heavy atom. The molecule has 0 saturated heterocycles. The summed E-state index contributed by atoms with van der Waals surface area (Å²) in [6, 6.07) is 1.91. The van der Waals surface area contributed by atoms with Gasteiger partial charge in [0.05, 0.1) is 6.54 Å². The number of oxime groups is 1. The molecule has 0 amide bonds. The van der Waals surface area contributed by atoms with Crippen molar-refractivity contribution in [3.05, 3.63) is 18.5 Å². The third-order valence-corrected chi connectivity index (χ3v) is 2.24. The number of aromatic nitrogens is 2. The maximum atomic E-state index is 8.32. The zero-order valence-corrected chi connectivity index (χ0v) is 9.34. The molecule has 0 aliphatic rings. The summed E-state index contributed by atoms with van der Waals surface area (Å²) in [7, 11) is 0. The van der Waals surface area contributed by atoms with Crippen molar-refractivity contribution in [2.24, 2.45) is 10.9 Å². The maximum absolute atomic E-state index is 8.32. The van der Waals surface area contributed by atoms with Gasteiger partial charge in [-0.05, 0) is 25.5 Å². The molecule has 0 aromatic carbocycles. The summed E-state index contributed by atoms with van der Waals surface area (Å²) in [6.45, 7) is 2.73. The lowest BCUT2D eigenvalue weighted by molar-refractivity contribution is 0.316. The molecular weight excluding hydrogens is 206 g/mol. The number of amidine groups is 1. The van der Waals surface area contributed by atoms with Gasteiger partial charge in [-0.1, -0.05) is 5.16 Å². The third kappa shape index (κ3) is 5.35. The standard InChI is InChI=1S/C10H19N5O/c11-10(14-16)4-1-2-5-12-7-9-15-8-3-6-13-15/h3,6,8,12,16H,1-2,4-5,7,9H2,(H2,11,14). The molecule has 0 spiro atoms. The van der Waals surface area contributed by atoms with Crippen molar-refractivity contribution >= 4 is 5.84 Å². The first-order chi connectivity index (χ1) is 7.83. The van der Waals surface area contributed by atoms with Gasteiger partial charge in [0, 0.05) is 25.4 Å². The van der Waals surface area contributed by atoms with E-state index in [0.29, 0.717) is 12.3 Å². The van der Waals surface area contributed by atoms with Crippen LogP contribution in [0.1, 0.15) is 19.3 Å². The zero-order valence-electron chi connectivity index (χ0n) is 9.34. The van der Waals surface area contributed by atoms with Gasteiger partial charge in [-0.25, -0.2) is 0 Å². The second kappa shape index (κ2) is 7.70. The quantitative estimate of drug-likeness (QED) is 0.196. The van der Waals surface area contributed by atoms with Gasteiger partial charge >= 0.3 is 0 Å². The number of nitrogens with two attached hydrogens (primary N) is 1. The van der Waals surface area contributed by atoms with Crippen LogP contribution in [0.4, 0.5) is 0 Å². The molecule has 6 nitrogen and oxygen atoms in total. The second-order valence-corrected chi connectivity index (χ2v) is 3.57. The summed E-state index contributed by atoms with van der Waals surface area (Å²) in [6.07, 6.45) is 6.33. The highest BCUT2D eigenvalue weighted by atomic mass is 16.4. The molecule has 0 aliphatic carbocycles. The van der Waals surface area contributed by atoms with E-state index in [2.05, 4.69) is 15.6 Å². The number of nitrogens with zero attached hydrogens (tertiary/aromatic N) is 3. The predicted molar refractivity (Wildman–Crippen MR) is 62.4 cm³/mol. The topological polar surface area (TPSA) is 88.5 Å². The van der Waals surface area contributed by atoms with E-state index >= 15 is 0 Å². The van der Waals surface area contributed by atoms with Gasteiger partial charge in [0.15, 0.2) is 0 Å². The van der Waals surface area contributed by atoms with E-state index in [-0.39, 0.29) is 0 Å². The van der Waals surface area contributed by atoms with Crippen LogP contribution >= 0.6 is 0 Å². The minimum absolute atomic E-state index is 0.302. The number of rotatable bonds is 8. The van der Waals surface area contributed by atoms with E-state index in [9.17, 15) is 0 Å². The fourth-order valence-corrected chi connectivity index (χ4v) is 1.36. The van der Waals surface area contributed by atoms with Crippen molar-refractivity contribution in [1.29, 1.82) is 0 Å². The Morgan fingerprint density at radius 3 is 3.00 bits per heavy atom. The molecule has 0 radical (unpaired) electrons. The van der Waals surface area contributed by atoms with Gasteiger partial charge in [0.25, 0.3) is 0 Å². The number of hydrogen-bond donors (Lipinski definition) is 3. The van der Waals surface area contributed by atoms with Crippen molar-refractivity contribution in [2.75, 3.05) is 13.1 Å². The molecule has 1 rings (SSSR count). The Hall–Kier alpha value is -1.56. The van der Waals surface area contributed by atoms with E-state index in [1.807, 2.05) is 16.9 Å². The normalized spacial score (nSPS) is 11.9. The van der Waals surface area contributed by atoms with Gasteiger partial charge < -0.3 is 16.3 Å². The van der Waals surface area contributed by atoms with E-state index in [1.54, 1.807) is 6.20 Å². The molecule has 1 aromatic rings. The number of nitrogens with one attached hydrogen (secondary N) is 1. The average molecular weight is 225 g/mol. The van der Waals surface area contributed by atoms with Crippen LogP contribution in [0.15, 0.2) is 23.6 Å². The summed E-state index contributed by atoms with van der Waals surface area (Å²) in [5.74, 6) is 0.302. The van der Waals surface area contributed by atoms with Crippen LogP contribution in [0.25, 0.3) is 0 Å². The van der Waals surface area contributed by atoms with E-state index in [0.717, 1.165) is 32.5 Å². The Kier molecular flexibility index (Phi) is 6.02. The molecule has 0 unspecified atom stereocenters. The van der Waals surface area contributed by atoms with Crippen molar-refractivity contribution in [3.8, 4) is 0 Å². The fourth-order valence-electron chi connectivity index (χ4n) is 1.36.